The highest BCUT2D eigenvalue weighted by molar-refractivity contribution is 5.58. The van der Waals surface area contributed by atoms with Crippen LogP contribution in [0.3, 0.4) is 0 Å². The minimum atomic E-state index is 0.370. The number of aliphatic hydroxyl groups excluding tert-OH is 1. The molecule has 1 unspecified atom stereocenters. The molecule has 1 atom stereocenters. The molecule has 1 aromatic carbocycles. The van der Waals surface area contributed by atoms with E-state index in [1.165, 1.54) is 70.4 Å². The van der Waals surface area contributed by atoms with Gasteiger partial charge in [0.25, 0.3) is 0 Å². The van der Waals surface area contributed by atoms with E-state index in [1.807, 2.05) is 6.07 Å². The van der Waals surface area contributed by atoms with Crippen LogP contribution in [0.1, 0.15) is 38.5 Å². The monoisotopic (exact) mass is 387 g/mol. The first-order valence-corrected chi connectivity index (χ1v) is 11.3. The first-order valence-electron chi connectivity index (χ1n) is 11.3. The molecule has 3 fully saturated rings. The number of hydrogen-bond donors (Lipinski definition) is 1. The van der Waals surface area contributed by atoms with Crippen LogP contribution in [0.5, 0.6) is 5.75 Å². The molecule has 3 aliphatic heterocycles. The maximum atomic E-state index is 9.40. The quantitative estimate of drug-likeness (QED) is 0.841. The molecule has 3 heterocycles. The van der Waals surface area contributed by atoms with Crippen LogP contribution >= 0.6 is 0 Å². The van der Waals surface area contributed by atoms with Gasteiger partial charge in [0.15, 0.2) is 0 Å². The Bertz CT molecular complexity index is 610. The Kier molecular flexibility index (Phi) is 6.76. The number of hydrogen-bond acceptors (Lipinski definition) is 5. The fourth-order valence-corrected chi connectivity index (χ4v) is 5.48. The van der Waals surface area contributed by atoms with E-state index in [0.717, 1.165) is 30.9 Å². The molecule has 1 N–H and O–H groups in total. The van der Waals surface area contributed by atoms with Crippen LogP contribution in [0, 0.1) is 5.92 Å². The first-order chi connectivity index (χ1) is 13.8. The number of benzene rings is 1. The van der Waals surface area contributed by atoms with Crippen LogP contribution in [0.15, 0.2) is 24.3 Å². The number of methoxy groups -OCH3 is 1. The Balaban J connectivity index is 1.30. The molecule has 0 aliphatic carbocycles. The van der Waals surface area contributed by atoms with Crippen LogP contribution in [0.25, 0.3) is 0 Å². The van der Waals surface area contributed by atoms with Gasteiger partial charge in [0.1, 0.15) is 5.75 Å². The van der Waals surface area contributed by atoms with E-state index in [2.05, 4.69) is 32.9 Å². The topological polar surface area (TPSA) is 39.2 Å². The first kappa shape index (κ1) is 20.0. The summed E-state index contributed by atoms with van der Waals surface area (Å²) in [5, 5.41) is 9.40. The number of ether oxygens (including phenoxy) is 1. The number of anilines is 1. The second-order valence-corrected chi connectivity index (χ2v) is 8.84. The summed E-state index contributed by atoms with van der Waals surface area (Å²) in [6.45, 7) is 7.47. The number of piperidine rings is 3. The van der Waals surface area contributed by atoms with E-state index in [0.29, 0.717) is 12.5 Å². The Hall–Kier alpha value is -1.30. The number of rotatable bonds is 5. The van der Waals surface area contributed by atoms with E-state index in [9.17, 15) is 5.11 Å². The summed E-state index contributed by atoms with van der Waals surface area (Å²) in [7, 11) is 1.77. The van der Waals surface area contributed by atoms with Crippen LogP contribution in [0.4, 0.5) is 5.69 Å². The molecular formula is C23H37N3O2. The van der Waals surface area contributed by atoms with Gasteiger partial charge in [-0.25, -0.2) is 0 Å². The predicted octanol–water partition coefficient (Wildman–Crippen LogP) is 2.83. The molecule has 0 bridgehead atoms. The van der Waals surface area contributed by atoms with Crippen molar-refractivity contribution < 1.29 is 9.84 Å². The summed E-state index contributed by atoms with van der Waals surface area (Å²) in [4.78, 5) is 7.99. The molecule has 156 valence electrons. The van der Waals surface area contributed by atoms with Crippen molar-refractivity contribution in [3.8, 4) is 5.75 Å². The molecule has 5 nitrogen and oxygen atoms in total. The minimum absolute atomic E-state index is 0.370. The van der Waals surface area contributed by atoms with Gasteiger partial charge in [0.2, 0.25) is 0 Å². The molecule has 0 amide bonds. The Morgan fingerprint density at radius 3 is 2.36 bits per heavy atom. The fraction of sp³-hybridized carbons (Fsp3) is 0.739. The molecule has 5 heteroatoms. The van der Waals surface area contributed by atoms with Crippen LogP contribution < -0.4 is 9.64 Å². The molecule has 4 rings (SSSR count). The van der Waals surface area contributed by atoms with Crippen molar-refractivity contribution in [2.24, 2.45) is 5.92 Å². The number of para-hydroxylation sites is 2. The van der Waals surface area contributed by atoms with Crippen LogP contribution in [-0.4, -0.2) is 80.0 Å². The number of aliphatic hydroxyl groups is 1. The molecule has 1 aromatic rings. The summed E-state index contributed by atoms with van der Waals surface area (Å²) in [6, 6.07) is 9.86. The average molecular weight is 388 g/mol. The van der Waals surface area contributed by atoms with Crippen molar-refractivity contribution in [2.75, 3.05) is 57.9 Å². The lowest BCUT2D eigenvalue weighted by atomic mass is 9.93. The number of likely N-dealkylation sites (tertiary alicyclic amines) is 2. The van der Waals surface area contributed by atoms with Crippen molar-refractivity contribution in [2.45, 2.75) is 50.6 Å². The molecule has 0 radical (unpaired) electrons. The van der Waals surface area contributed by atoms with E-state index in [4.69, 9.17) is 4.74 Å². The van der Waals surface area contributed by atoms with Crippen molar-refractivity contribution in [3.05, 3.63) is 24.3 Å². The van der Waals surface area contributed by atoms with Gasteiger partial charge >= 0.3 is 0 Å². The molecule has 0 spiro atoms. The zero-order valence-corrected chi connectivity index (χ0v) is 17.4. The zero-order valence-electron chi connectivity index (χ0n) is 17.4. The molecular weight excluding hydrogens is 350 g/mol. The normalized spacial score (nSPS) is 26.5. The van der Waals surface area contributed by atoms with Crippen molar-refractivity contribution >= 4 is 5.69 Å². The smallest absolute Gasteiger partial charge is 0.142 e. The standard InChI is InChI=1S/C23H37N3O2/c1-28-23-7-3-2-6-22(23)25-15-10-20(11-16-25)26-12-4-5-21(17-26)24-13-8-19(18-27)9-14-24/h2-3,6-7,19-21,27H,4-5,8-18H2,1H3. The summed E-state index contributed by atoms with van der Waals surface area (Å²) in [6.07, 6.45) is 7.51. The van der Waals surface area contributed by atoms with Gasteiger partial charge in [-0.2, -0.15) is 0 Å². The highest BCUT2D eigenvalue weighted by Gasteiger charge is 2.33. The summed E-state index contributed by atoms with van der Waals surface area (Å²) >= 11 is 0. The Morgan fingerprint density at radius 2 is 1.64 bits per heavy atom. The molecule has 0 saturated carbocycles. The Morgan fingerprint density at radius 1 is 0.893 bits per heavy atom. The lowest BCUT2D eigenvalue weighted by Gasteiger charge is -2.46. The van der Waals surface area contributed by atoms with Gasteiger partial charge in [-0.05, 0) is 76.2 Å². The summed E-state index contributed by atoms with van der Waals surface area (Å²) < 4.78 is 5.57. The molecule has 3 saturated heterocycles. The lowest BCUT2D eigenvalue weighted by molar-refractivity contribution is 0.0368. The van der Waals surface area contributed by atoms with Gasteiger partial charge in [-0.1, -0.05) is 12.1 Å². The summed E-state index contributed by atoms with van der Waals surface area (Å²) in [5.74, 6) is 1.53. The van der Waals surface area contributed by atoms with Gasteiger partial charge in [-0.3, -0.25) is 9.80 Å². The third-order valence-electron chi connectivity index (χ3n) is 7.26. The second-order valence-electron chi connectivity index (χ2n) is 8.84. The Labute approximate surface area is 170 Å². The lowest BCUT2D eigenvalue weighted by Crippen LogP contribution is -2.54. The van der Waals surface area contributed by atoms with Gasteiger partial charge < -0.3 is 14.7 Å². The van der Waals surface area contributed by atoms with Crippen LogP contribution in [-0.2, 0) is 0 Å². The van der Waals surface area contributed by atoms with E-state index < -0.39 is 0 Å². The van der Waals surface area contributed by atoms with Gasteiger partial charge in [-0.15, -0.1) is 0 Å². The second kappa shape index (κ2) is 9.47. The third-order valence-corrected chi connectivity index (χ3v) is 7.26. The number of nitrogens with zero attached hydrogens (tertiary/aromatic N) is 3. The highest BCUT2D eigenvalue weighted by Crippen LogP contribution is 2.32. The SMILES string of the molecule is COc1ccccc1N1CCC(N2CCCC(N3CCC(CO)CC3)C2)CC1. The maximum Gasteiger partial charge on any atom is 0.142 e. The third kappa shape index (κ3) is 4.47. The van der Waals surface area contributed by atoms with Crippen molar-refractivity contribution in [3.63, 3.8) is 0 Å². The minimum Gasteiger partial charge on any atom is -0.495 e. The highest BCUT2D eigenvalue weighted by atomic mass is 16.5. The van der Waals surface area contributed by atoms with E-state index in [1.54, 1.807) is 7.11 Å². The van der Waals surface area contributed by atoms with Crippen molar-refractivity contribution in [1.82, 2.24) is 9.80 Å². The van der Waals surface area contributed by atoms with Crippen molar-refractivity contribution in [1.29, 1.82) is 0 Å². The van der Waals surface area contributed by atoms with E-state index in [-0.39, 0.29) is 0 Å². The molecule has 0 aromatic heterocycles. The molecule has 3 aliphatic rings. The van der Waals surface area contributed by atoms with Gasteiger partial charge in [0, 0.05) is 38.3 Å². The molecule has 28 heavy (non-hydrogen) atoms. The fourth-order valence-electron chi connectivity index (χ4n) is 5.48. The summed E-state index contributed by atoms with van der Waals surface area (Å²) in [5.41, 5.74) is 1.24. The zero-order chi connectivity index (χ0) is 19.3. The van der Waals surface area contributed by atoms with Gasteiger partial charge in [0.05, 0.1) is 12.8 Å². The maximum absolute atomic E-state index is 9.40. The van der Waals surface area contributed by atoms with Crippen LogP contribution in [0.2, 0.25) is 0 Å². The predicted molar refractivity (Wildman–Crippen MR) is 114 cm³/mol. The van der Waals surface area contributed by atoms with E-state index >= 15 is 0 Å². The average Bonchev–Trinajstić information content (AvgIpc) is 2.79. The largest absolute Gasteiger partial charge is 0.495 e.